The molecule has 2 aromatic carbocycles. The highest BCUT2D eigenvalue weighted by Gasteiger charge is 2.23. The predicted molar refractivity (Wildman–Crippen MR) is 116 cm³/mol. The van der Waals surface area contributed by atoms with Crippen LogP contribution in [0.3, 0.4) is 0 Å². The molecule has 1 N–H and O–H groups in total. The lowest BCUT2D eigenvalue weighted by molar-refractivity contribution is -0.132. The third-order valence-corrected chi connectivity index (χ3v) is 5.24. The number of amides is 1. The van der Waals surface area contributed by atoms with Crippen LogP contribution >= 0.6 is 12.4 Å². The first kappa shape index (κ1) is 22.1. The molecular weight excluding hydrogens is 372 g/mol. The number of benzene rings is 2. The molecule has 0 saturated carbocycles. The lowest BCUT2D eigenvalue weighted by Crippen LogP contribution is -2.42. The molecule has 3 rings (SSSR count). The molecule has 28 heavy (non-hydrogen) atoms. The number of halogens is 1. The summed E-state index contributed by atoms with van der Waals surface area (Å²) in [5.41, 5.74) is 2.90. The van der Waals surface area contributed by atoms with E-state index in [4.69, 9.17) is 0 Å². The number of ketones is 1. The molecule has 0 radical (unpaired) electrons. The summed E-state index contributed by atoms with van der Waals surface area (Å²) in [7, 11) is 1.95. The van der Waals surface area contributed by atoms with E-state index in [0.717, 1.165) is 43.6 Å². The molecule has 150 valence electrons. The first-order chi connectivity index (χ1) is 13.2. The fourth-order valence-corrected chi connectivity index (χ4v) is 3.75. The van der Waals surface area contributed by atoms with Gasteiger partial charge in [0.2, 0.25) is 5.91 Å². The normalized spacial score (nSPS) is 16.3. The first-order valence-electron chi connectivity index (χ1n) is 9.78. The van der Waals surface area contributed by atoms with Crippen LogP contribution in [-0.4, -0.2) is 43.3 Å². The quantitative estimate of drug-likeness (QED) is 0.708. The van der Waals surface area contributed by atoms with Gasteiger partial charge in [-0.1, -0.05) is 54.6 Å². The van der Waals surface area contributed by atoms with E-state index in [9.17, 15) is 9.59 Å². The van der Waals surface area contributed by atoms with Gasteiger partial charge < -0.3 is 10.2 Å². The van der Waals surface area contributed by atoms with Gasteiger partial charge in [-0.3, -0.25) is 9.59 Å². The van der Waals surface area contributed by atoms with Crippen molar-refractivity contribution >= 4 is 24.1 Å². The summed E-state index contributed by atoms with van der Waals surface area (Å²) in [6.45, 7) is 2.56. The second-order valence-electron chi connectivity index (χ2n) is 7.27. The minimum absolute atomic E-state index is 0. The van der Waals surface area contributed by atoms with Gasteiger partial charge in [-0.05, 0) is 43.5 Å². The van der Waals surface area contributed by atoms with E-state index in [1.807, 2.05) is 54.4 Å². The maximum atomic E-state index is 12.5. The van der Waals surface area contributed by atoms with Crippen molar-refractivity contribution in [1.29, 1.82) is 0 Å². The minimum Gasteiger partial charge on any atom is -0.342 e. The summed E-state index contributed by atoms with van der Waals surface area (Å²) < 4.78 is 0. The van der Waals surface area contributed by atoms with Gasteiger partial charge in [0.05, 0.1) is 0 Å². The molecule has 1 amide bonds. The van der Waals surface area contributed by atoms with E-state index in [1.165, 1.54) is 0 Å². The Morgan fingerprint density at radius 3 is 2.36 bits per heavy atom. The largest absolute Gasteiger partial charge is 0.342 e. The third kappa shape index (κ3) is 5.91. The third-order valence-electron chi connectivity index (χ3n) is 5.24. The Labute approximate surface area is 173 Å². The second kappa shape index (κ2) is 11.0. The lowest BCUT2D eigenvalue weighted by atomic mass is 9.97. The van der Waals surface area contributed by atoms with E-state index in [0.29, 0.717) is 17.9 Å². The van der Waals surface area contributed by atoms with Gasteiger partial charge in [0.1, 0.15) is 0 Å². The van der Waals surface area contributed by atoms with E-state index in [2.05, 4.69) is 17.4 Å². The predicted octanol–water partition coefficient (Wildman–Crippen LogP) is 4.20. The average Bonchev–Trinajstić information content (AvgIpc) is 2.73. The van der Waals surface area contributed by atoms with Crippen LogP contribution in [0, 0.1) is 5.92 Å². The summed E-state index contributed by atoms with van der Waals surface area (Å²) in [5.74, 6) is 0.658. The van der Waals surface area contributed by atoms with Crippen molar-refractivity contribution in [1.82, 2.24) is 10.2 Å². The average molecular weight is 401 g/mol. The minimum atomic E-state index is 0. The Hall–Kier alpha value is -2.17. The number of hydrogen-bond donors (Lipinski definition) is 1. The summed E-state index contributed by atoms with van der Waals surface area (Å²) in [6.07, 6.45) is 2.78. The van der Waals surface area contributed by atoms with Crippen LogP contribution < -0.4 is 5.32 Å². The molecule has 1 unspecified atom stereocenters. The zero-order valence-corrected chi connectivity index (χ0v) is 17.2. The summed E-state index contributed by atoms with van der Waals surface area (Å²) in [6, 6.07) is 17.8. The molecule has 1 saturated heterocycles. The number of carbonyl (C=O) groups is 2. The van der Waals surface area contributed by atoms with Gasteiger partial charge >= 0.3 is 0 Å². The Balaban J connectivity index is 0.00000280. The summed E-state index contributed by atoms with van der Waals surface area (Å²) >= 11 is 0. The van der Waals surface area contributed by atoms with Gasteiger partial charge in [-0.25, -0.2) is 0 Å². The van der Waals surface area contributed by atoms with Crippen LogP contribution in [0.1, 0.15) is 36.0 Å². The molecule has 1 aliphatic heterocycles. The van der Waals surface area contributed by atoms with E-state index in [-0.39, 0.29) is 30.5 Å². The van der Waals surface area contributed by atoms with Gasteiger partial charge in [-0.2, -0.15) is 0 Å². The van der Waals surface area contributed by atoms with Gasteiger partial charge in [0.25, 0.3) is 0 Å². The summed E-state index contributed by atoms with van der Waals surface area (Å²) in [4.78, 5) is 26.9. The molecule has 4 nitrogen and oxygen atoms in total. The van der Waals surface area contributed by atoms with Crippen molar-refractivity contribution in [2.45, 2.75) is 25.7 Å². The van der Waals surface area contributed by atoms with Crippen molar-refractivity contribution in [3.8, 4) is 11.1 Å². The van der Waals surface area contributed by atoms with Crippen molar-refractivity contribution in [3.05, 3.63) is 60.2 Å². The second-order valence-corrected chi connectivity index (χ2v) is 7.27. The van der Waals surface area contributed by atoms with Crippen molar-refractivity contribution in [2.75, 3.05) is 26.7 Å². The Kier molecular flexibility index (Phi) is 8.68. The molecule has 2 aromatic rings. The molecule has 0 spiro atoms. The maximum Gasteiger partial charge on any atom is 0.223 e. The zero-order valence-electron chi connectivity index (χ0n) is 16.4. The topological polar surface area (TPSA) is 49.4 Å². The highest BCUT2D eigenvalue weighted by Crippen LogP contribution is 2.21. The monoisotopic (exact) mass is 400 g/mol. The Bertz CT molecular complexity index is 760. The molecule has 0 aromatic heterocycles. The first-order valence-corrected chi connectivity index (χ1v) is 9.78. The van der Waals surface area contributed by atoms with Crippen molar-refractivity contribution in [3.63, 3.8) is 0 Å². The van der Waals surface area contributed by atoms with Crippen LogP contribution in [0.5, 0.6) is 0 Å². The number of Topliss-reactive ketones (excluding diaryl/α,β-unsaturated/α-hetero) is 1. The maximum absolute atomic E-state index is 12.5. The van der Waals surface area contributed by atoms with E-state index < -0.39 is 0 Å². The molecule has 1 heterocycles. The number of carbonyl (C=O) groups excluding carboxylic acids is 2. The zero-order chi connectivity index (χ0) is 19.1. The fraction of sp³-hybridized carbons (Fsp3) is 0.391. The standard InChI is InChI=1S/C23H28N2O2.ClH/c1-24-16-18-6-5-15-25(17-18)23(27)14-13-22(26)21-11-9-20(10-12-21)19-7-3-2-4-8-19;/h2-4,7-12,18,24H,5-6,13-17H2,1H3;1H. The lowest BCUT2D eigenvalue weighted by Gasteiger charge is -2.32. The number of rotatable bonds is 7. The highest BCUT2D eigenvalue weighted by atomic mass is 35.5. The summed E-state index contributed by atoms with van der Waals surface area (Å²) in [5, 5.41) is 3.19. The van der Waals surface area contributed by atoms with E-state index >= 15 is 0 Å². The fourth-order valence-electron chi connectivity index (χ4n) is 3.75. The van der Waals surface area contributed by atoms with Crippen molar-refractivity contribution < 1.29 is 9.59 Å². The van der Waals surface area contributed by atoms with Crippen LogP contribution in [-0.2, 0) is 4.79 Å². The van der Waals surface area contributed by atoms with Crippen LogP contribution in [0.25, 0.3) is 11.1 Å². The Morgan fingerprint density at radius 2 is 1.68 bits per heavy atom. The molecule has 1 fully saturated rings. The Morgan fingerprint density at radius 1 is 1.00 bits per heavy atom. The van der Waals surface area contributed by atoms with Crippen LogP contribution in [0.15, 0.2) is 54.6 Å². The molecule has 5 heteroatoms. The molecule has 1 aliphatic rings. The number of hydrogen-bond acceptors (Lipinski definition) is 3. The number of piperidine rings is 1. The van der Waals surface area contributed by atoms with E-state index in [1.54, 1.807) is 0 Å². The molecule has 0 aliphatic carbocycles. The number of nitrogens with zero attached hydrogens (tertiary/aromatic N) is 1. The number of likely N-dealkylation sites (tertiary alicyclic amines) is 1. The van der Waals surface area contributed by atoms with Gasteiger partial charge in [0, 0.05) is 31.5 Å². The van der Waals surface area contributed by atoms with Crippen LogP contribution in [0.4, 0.5) is 0 Å². The highest BCUT2D eigenvalue weighted by molar-refractivity contribution is 5.98. The number of nitrogens with one attached hydrogen (secondary N) is 1. The smallest absolute Gasteiger partial charge is 0.223 e. The van der Waals surface area contributed by atoms with Crippen LogP contribution in [0.2, 0.25) is 0 Å². The SMILES string of the molecule is CNCC1CCCN(C(=O)CCC(=O)c2ccc(-c3ccccc3)cc2)C1.Cl. The molecular formula is C23H29ClN2O2. The molecule has 1 atom stereocenters. The van der Waals surface area contributed by atoms with Gasteiger partial charge in [0.15, 0.2) is 5.78 Å². The molecule has 0 bridgehead atoms. The van der Waals surface area contributed by atoms with Crippen molar-refractivity contribution in [2.24, 2.45) is 5.92 Å². The van der Waals surface area contributed by atoms with Gasteiger partial charge in [-0.15, -0.1) is 12.4 Å².